The minimum atomic E-state index is 0.348. The summed E-state index contributed by atoms with van der Waals surface area (Å²) >= 11 is 0. The molecule has 0 fully saturated rings. The van der Waals surface area contributed by atoms with Crippen molar-refractivity contribution >= 4 is 0 Å². The van der Waals surface area contributed by atoms with Gasteiger partial charge in [-0.1, -0.05) is 13.8 Å². The first kappa shape index (κ1) is 14.9. The Morgan fingerprint density at radius 3 is 2.90 bits per heavy atom. The molecule has 0 radical (unpaired) electrons. The maximum atomic E-state index is 5.57. The second kappa shape index (κ2) is 7.29. The van der Waals surface area contributed by atoms with Crippen molar-refractivity contribution in [3.8, 4) is 0 Å². The van der Waals surface area contributed by atoms with Crippen LogP contribution in [0.5, 0.6) is 0 Å². The molecule has 1 unspecified atom stereocenters. The first-order chi connectivity index (χ1) is 9.76. The number of aromatic nitrogens is 2. The highest BCUT2D eigenvalue weighted by Crippen LogP contribution is 2.24. The van der Waals surface area contributed by atoms with Gasteiger partial charge in [0.2, 0.25) is 0 Å². The van der Waals surface area contributed by atoms with Crippen molar-refractivity contribution in [2.24, 2.45) is 7.05 Å². The highest BCUT2D eigenvalue weighted by molar-refractivity contribution is 5.21. The van der Waals surface area contributed by atoms with Crippen molar-refractivity contribution in [3.05, 3.63) is 41.9 Å². The second-order valence-corrected chi connectivity index (χ2v) is 5.15. The number of nitrogens with one attached hydrogen (secondary N) is 1. The van der Waals surface area contributed by atoms with Crippen molar-refractivity contribution in [1.29, 1.82) is 0 Å². The topological polar surface area (TPSA) is 43.0 Å². The van der Waals surface area contributed by atoms with E-state index < -0.39 is 0 Å². The molecule has 1 atom stereocenters. The van der Waals surface area contributed by atoms with Crippen LogP contribution in [0.2, 0.25) is 0 Å². The molecule has 0 saturated carbocycles. The normalized spacial score (nSPS) is 12.8. The van der Waals surface area contributed by atoms with Gasteiger partial charge in [0, 0.05) is 43.9 Å². The van der Waals surface area contributed by atoms with Crippen LogP contribution in [0.3, 0.4) is 0 Å². The lowest BCUT2D eigenvalue weighted by molar-refractivity contribution is 0.463. The molecule has 4 heteroatoms. The van der Waals surface area contributed by atoms with Crippen LogP contribution in [0, 0.1) is 0 Å². The zero-order valence-corrected chi connectivity index (χ0v) is 12.7. The smallest absolute Gasteiger partial charge is 0.108 e. The molecule has 2 aromatic heterocycles. The average Bonchev–Trinajstić information content (AvgIpc) is 3.08. The van der Waals surface area contributed by atoms with Gasteiger partial charge in [0.15, 0.2) is 0 Å². The monoisotopic (exact) mass is 275 g/mol. The van der Waals surface area contributed by atoms with E-state index in [2.05, 4.69) is 34.8 Å². The van der Waals surface area contributed by atoms with E-state index in [1.54, 1.807) is 6.26 Å². The molecule has 0 aromatic carbocycles. The van der Waals surface area contributed by atoms with Crippen LogP contribution in [0.15, 0.2) is 29.1 Å². The predicted molar refractivity (Wildman–Crippen MR) is 80.6 cm³/mol. The van der Waals surface area contributed by atoms with Gasteiger partial charge < -0.3 is 14.3 Å². The third-order valence-corrected chi connectivity index (χ3v) is 3.69. The van der Waals surface area contributed by atoms with Gasteiger partial charge in [-0.3, -0.25) is 0 Å². The molecule has 20 heavy (non-hydrogen) atoms. The summed E-state index contributed by atoms with van der Waals surface area (Å²) in [6.07, 6.45) is 9.75. The molecule has 0 aliphatic rings. The Kier molecular flexibility index (Phi) is 5.41. The second-order valence-electron chi connectivity index (χ2n) is 5.15. The van der Waals surface area contributed by atoms with Gasteiger partial charge in [0.05, 0.1) is 6.26 Å². The molecule has 0 aliphatic heterocycles. The van der Waals surface area contributed by atoms with Gasteiger partial charge in [-0.15, -0.1) is 0 Å². The quantitative estimate of drug-likeness (QED) is 0.804. The summed E-state index contributed by atoms with van der Waals surface area (Å²) in [7, 11) is 2.05. The van der Waals surface area contributed by atoms with E-state index >= 15 is 0 Å². The fourth-order valence-corrected chi connectivity index (χ4v) is 2.55. The van der Waals surface area contributed by atoms with E-state index in [9.17, 15) is 0 Å². The number of hydrogen-bond donors (Lipinski definition) is 1. The summed E-state index contributed by atoms with van der Waals surface area (Å²) in [5.41, 5.74) is 1.30. The van der Waals surface area contributed by atoms with Crippen molar-refractivity contribution < 1.29 is 4.42 Å². The summed E-state index contributed by atoms with van der Waals surface area (Å²) in [4.78, 5) is 4.40. The standard InChI is InChI=1S/C16H25N3O/c1-4-9-17-14(13-8-12-20-15(13)5-2)6-7-16-18-10-11-19(16)3/h8,10-12,14,17H,4-7,9H2,1-3H3. The van der Waals surface area contributed by atoms with E-state index in [1.165, 1.54) is 5.56 Å². The first-order valence-corrected chi connectivity index (χ1v) is 7.52. The molecular weight excluding hydrogens is 250 g/mol. The lowest BCUT2D eigenvalue weighted by atomic mass is 10.0. The average molecular weight is 275 g/mol. The minimum absolute atomic E-state index is 0.348. The van der Waals surface area contributed by atoms with Gasteiger partial charge in [0.25, 0.3) is 0 Å². The molecule has 0 aliphatic carbocycles. The zero-order valence-electron chi connectivity index (χ0n) is 12.7. The Morgan fingerprint density at radius 1 is 1.40 bits per heavy atom. The molecule has 4 nitrogen and oxygen atoms in total. The van der Waals surface area contributed by atoms with E-state index in [-0.39, 0.29) is 0 Å². The SMILES string of the molecule is CCCNC(CCc1nccn1C)c1ccoc1CC. The van der Waals surface area contributed by atoms with E-state index in [1.807, 2.05) is 19.4 Å². The van der Waals surface area contributed by atoms with Crippen molar-refractivity contribution in [2.45, 2.75) is 45.6 Å². The van der Waals surface area contributed by atoms with Gasteiger partial charge in [-0.2, -0.15) is 0 Å². The van der Waals surface area contributed by atoms with Crippen LogP contribution in [-0.4, -0.2) is 16.1 Å². The van der Waals surface area contributed by atoms with Crippen LogP contribution in [0.1, 0.15) is 49.9 Å². The van der Waals surface area contributed by atoms with Crippen LogP contribution in [0.25, 0.3) is 0 Å². The van der Waals surface area contributed by atoms with Crippen molar-refractivity contribution in [2.75, 3.05) is 6.54 Å². The highest BCUT2D eigenvalue weighted by Gasteiger charge is 2.17. The lowest BCUT2D eigenvalue weighted by Gasteiger charge is -2.18. The molecular formula is C16H25N3O. The first-order valence-electron chi connectivity index (χ1n) is 7.52. The molecule has 2 heterocycles. The third kappa shape index (κ3) is 3.51. The third-order valence-electron chi connectivity index (χ3n) is 3.69. The van der Waals surface area contributed by atoms with Crippen LogP contribution in [-0.2, 0) is 19.9 Å². The summed E-state index contributed by atoms with van der Waals surface area (Å²) < 4.78 is 7.66. The summed E-state index contributed by atoms with van der Waals surface area (Å²) in [6, 6.07) is 2.45. The zero-order chi connectivity index (χ0) is 14.4. The summed E-state index contributed by atoms with van der Waals surface area (Å²) in [5, 5.41) is 3.63. The molecule has 0 spiro atoms. The van der Waals surface area contributed by atoms with Crippen molar-refractivity contribution in [3.63, 3.8) is 0 Å². The number of rotatable bonds is 8. The Labute approximate surface area is 121 Å². The van der Waals surface area contributed by atoms with Gasteiger partial charge in [0.1, 0.15) is 11.6 Å². The molecule has 0 amide bonds. The fraction of sp³-hybridized carbons (Fsp3) is 0.562. The maximum absolute atomic E-state index is 5.57. The van der Waals surface area contributed by atoms with E-state index in [0.29, 0.717) is 6.04 Å². The fourth-order valence-electron chi connectivity index (χ4n) is 2.55. The number of hydrogen-bond acceptors (Lipinski definition) is 3. The number of furan rings is 1. The van der Waals surface area contributed by atoms with Crippen LogP contribution in [0.4, 0.5) is 0 Å². The van der Waals surface area contributed by atoms with E-state index in [0.717, 1.165) is 43.8 Å². The molecule has 0 bridgehead atoms. The summed E-state index contributed by atoms with van der Waals surface area (Å²) in [5.74, 6) is 2.23. The Bertz CT molecular complexity index is 515. The van der Waals surface area contributed by atoms with Gasteiger partial charge in [-0.25, -0.2) is 4.98 Å². The number of aryl methyl sites for hydroxylation is 3. The summed E-state index contributed by atoms with van der Waals surface area (Å²) in [6.45, 7) is 5.36. The molecule has 2 aromatic rings. The number of nitrogens with zero attached hydrogens (tertiary/aromatic N) is 2. The van der Waals surface area contributed by atoms with Gasteiger partial charge in [-0.05, 0) is 25.5 Å². The van der Waals surface area contributed by atoms with Gasteiger partial charge >= 0.3 is 0 Å². The van der Waals surface area contributed by atoms with E-state index in [4.69, 9.17) is 4.42 Å². The van der Waals surface area contributed by atoms with Crippen LogP contribution >= 0.6 is 0 Å². The largest absolute Gasteiger partial charge is 0.469 e. The Morgan fingerprint density at radius 2 is 2.25 bits per heavy atom. The lowest BCUT2D eigenvalue weighted by Crippen LogP contribution is -2.23. The molecule has 1 N–H and O–H groups in total. The molecule has 2 rings (SSSR count). The van der Waals surface area contributed by atoms with Crippen molar-refractivity contribution in [1.82, 2.24) is 14.9 Å². The minimum Gasteiger partial charge on any atom is -0.469 e. The number of imidazole rings is 1. The van der Waals surface area contributed by atoms with Crippen LogP contribution < -0.4 is 5.32 Å². The highest BCUT2D eigenvalue weighted by atomic mass is 16.3. The Balaban J connectivity index is 2.05. The Hall–Kier alpha value is -1.55. The molecule has 0 saturated heterocycles. The maximum Gasteiger partial charge on any atom is 0.108 e. The predicted octanol–water partition coefficient (Wildman–Crippen LogP) is 3.25. The molecule has 110 valence electrons.